The van der Waals surface area contributed by atoms with Crippen LogP contribution < -0.4 is 10.2 Å². The second-order valence-corrected chi connectivity index (χ2v) is 7.05. The van der Waals surface area contributed by atoms with E-state index in [0.29, 0.717) is 11.2 Å². The van der Waals surface area contributed by atoms with Gasteiger partial charge in [-0.05, 0) is 39.8 Å². The van der Waals surface area contributed by atoms with E-state index in [1.165, 1.54) is 12.3 Å². The van der Waals surface area contributed by atoms with E-state index in [1.807, 2.05) is 33.8 Å². The summed E-state index contributed by atoms with van der Waals surface area (Å²) in [6.07, 6.45) is 3.10. The van der Waals surface area contributed by atoms with Crippen LogP contribution in [0.3, 0.4) is 0 Å². The van der Waals surface area contributed by atoms with Crippen LogP contribution in [0, 0.1) is 10.1 Å². The normalized spacial score (nSPS) is 17.9. The van der Waals surface area contributed by atoms with Gasteiger partial charge in [0.15, 0.2) is 0 Å². The fraction of sp³-hybridized carbons (Fsp3) is 0.412. The van der Waals surface area contributed by atoms with Crippen LogP contribution in [0.4, 0.5) is 5.69 Å². The SMILES string of the molecule is CC1(C)OB(c2cnc(OCc3ccccn3)c([N+](=O)[O-])c2)OC1(C)C. The maximum absolute atomic E-state index is 11.4. The Morgan fingerprint density at radius 1 is 1.19 bits per heavy atom. The fourth-order valence-electron chi connectivity index (χ4n) is 2.43. The Bertz CT molecular complexity index is 797. The Labute approximate surface area is 151 Å². The van der Waals surface area contributed by atoms with Crippen molar-refractivity contribution in [2.24, 2.45) is 0 Å². The predicted molar refractivity (Wildman–Crippen MR) is 95.2 cm³/mol. The Morgan fingerprint density at radius 2 is 1.88 bits per heavy atom. The smallest absolute Gasteiger partial charge is 0.466 e. The van der Waals surface area contributed by atoms with Gasteiger partial charge in [-0.25, -0.2) is 4.98 Å². The molecule has 0 unspecified atom stereocenters. The van der Waals surface area contributed by atoms with Crippen molar-refractivity contribution in [1.82, 2.24) is 9.97 Å². The number of nitrogens with zero attached hydrogens (tertiary/aromatic N) is 3. The first-order chi connectivity index (χ1) is 12.2. The standard InChI is InChI=1S/C17H20BN3O5/c1-16(2)17(3,4)26-18(25-16)12-9-14(21(22)23)15(20-10-12)24-11-13-7-5-6-8-19-13/h5-10H,11H2,1-4H3. The molecule has 1 fully saturated rings. The predicted octanol–water partition coefficient (Wildman–Crippen LogP) is 2.26. The molecule has 2 aromatic rings. The lowest BCUT2D eigenvalue weighted by atomic mass is 9.80. The molecular formula is C17H20BN3O5. The minimum Gasteiger partial charge on any atom is -0.466 e. The molecular weight excluding hydrogens is 337 g/mol. The third-order valence-corrected chi connectivity index (χ3v) is 4.66. The summed E-state index contributed by atoms with van der Waals surface area (Å²) in [5, 5.41) is 11.4. The van der Waals surface area contributed by atoms with E-state index in [1.54, 1.807) is 18.3 Å². The highest BCUT2D eigenvalue weighted by Crippen LogP contribution is 2.37. The van der Waals surface area contributed by atoms with Gasteiger partial charge < -0.3 is 14.0 Å². The molecule has 0 bridgehead atoms. The van der Waals surface area contributed by atoms with Crippen LogP contribution in [0.25, 0.3) is 0 Å². The maximum atomic E-state index is 11.4. The van der Waals surface area contributed by atoms with Gasteiger partial charge in [-0.2, -0.15) is 0 Å². The molecule has 0 spiro atoms. The number of nitro groups is 1. The first kappa shape index (κ1) is 18.3. The summed E-state index contributed by atoms with van der Waals surface area (Å²) in [7, 11) is -0.726. The molecule has 0 aliphatic carbocycles. The monoisotopic (exact) mass is 357 g/mol. The molecule has 0 radical (unpaired) electrons. The molecule has 3 heterocycles. The lowest BCUT2D eigenvalue weighted by Crippen LogP contribution is -2.41. The van der Waals surface area contributed by atoms with Crippen molar-refractivity contribution in [1.29, 1.82) is 0 Å². The number of rotatable bonds is 5. The molecule has 0 saturated carbocycles. The van der Waals surface area contributed by atoms with Crippen LogP contribution in [-0.2, 0) is 15.9 Å². The van der Waals surface area contributed by atoms with Crippen LogP contribution in [0.15, 0.2) is 36.7 Å². The second-order valence-electron chi connectivity index (χ2n) is 7.05. The van der Waals surface area contributed by atoms with Crippen molar-refractivity contribution in [3.63, 3.8) is 0 Å². The molecule has 2 aromatic heterocycles. The first-order valence-corrected chi connectivity index (χ1v) is 8.22. The van der Waals surface area contributed by atoms with Crippen molar-refractivity contribution < 1.29 is 19.0 Å². The zero-order chi connectivity index (χ0) is 18.9. The summed E-state index contributed by atoms with van der Waals surface area (Å²) in [6, 6.07) is 6.74. The van der Waals surface area contributed by atoms with E-state index >= 15 is 0 Å². The van der Waals surface area contributed by atoms with Crippen LogP contribution in [0.1, 0.15) is 33.4 Å². The van der Waals surface area contributed by atoms with Crippen LogP contribution in [0.5, 0.6) is 5.88 Å². The van der Waals surface area contributed by atoms with Crippen LogP contribution in [-0.4, -0.2) is 33.2 Å². The average molecular weight is 357 g/mol. The van der Waals surface area contributed by atoms with Crippen molar-refractivity contribution >= 4 is 18.3 Å². The third kappa shape index (κ3) is 3.54. The van der Waals surface area contributed by atoms with Crippen molar-refractivity contribution in [3.05, 3.63) is 52.5 Å². The molecule has 0 atom stereocenters. The molecule has 1 aliphatic heterocycles. The highest BCUT2D eigenvalue weighted by Gasteiger charge is 2.52. The number of pyridine rings is 2. The number of hydrogen-bond acceptors (Lipinski definition) is 7. The molecule has 0 aromatic carbocycles. The Kier molecular flexibility index (Phi) is 4.68. The van der Waals surface area contributed by atoms with E-state index in [2.05, 4.69) is 9.97 Å². The van der Waals surface area contributed by atoms with Gasteiger partial charge in [-0.1, -0.05) is 6.07 Å². The minimum atomic E-state index is -0.726. The molecule has 136 valence electrons. The molecule has 0 amide bonds. The summed E-state index contributed by atoms with van der Waals surface area (Å²) in [4.78, 5) is 19.1. The van der Waals surface area contributed by atoms with Crippen molar-refractivity contribution in [2.75, 3.05) is 0 Å². The number of hydrogen-bond donors (Lipinski definition) is 0. The molecule has 8 nitrogen and oxygen atoms in total. The molecule has 1 saturated heterocycles. The average Bonchev–Trinajstić information content (AvgIpc) is 2.81. The zero-order valence-corrected chi connectivity index (χ0v) is 15.1. The lowest BCUT2D eigenvalue weighted by molar-refractivity contribution is -0.386. The second kappa shape index (κ2) is 6.66. The quantitative estimate of drug-likeness (QED) is 0.460. The molecule has 26 heavy (non-hydrogen) atoms. The number of aromatic nitrogens is 2. The van der Waals surface area contributed by atoms with Gasteiger partial charge in [0.25, 0.3) is 5.88 Å². The maximum Gasteiger partial charge on any atom is 0.496 e. The lowest BCUT2D eigenvalue weighted by Gasteiger charge is -2.32. The van der Waals surface area contributed by atoms with E-state index in [9.17, 15) is 10.1 Å². The Hall–Kier alpha value is -2.52. The van der Waals surface area contributed by atoms with Crippen LogP contribution >= 0.6 is 0 Å². The topological polar surface area (TPSA) is 96.6 Å². The van der Waals surface area contributed by atoms with E-state index in [4.69, 9.17) is 14.0 Å². The summed E-state index contributed by atoms with van der Waals surface area (Å²) in [5.41, 5.74) is -0.200. The Balaban J connectivity index is 1.82. The van der Waals surface area contributed by atoms with Gasteiger partial charge in [-0.3, -0.25) is 15.1 Å². The summed E-state index contributed by atoms with van der Waals surface area (Å²) in [5.74, 6) is -0.0686. The largest absolute Gasteiger partial charge is 0.496 e. The van der Waals surface area contributed by atoms with Gasteiger partial charge in [-0.15, -0.1) is 0 Å². The minimum absolute atomic E-state index is 0.0686. The zero-order valence-electron chi connectivity index (χ0n) is 15.1. The van der Waals surface area contributed by atoms with Gasteiger partial charge in [0.05, 0.1) is 21.8 Å². The fourth-order valence-corrected chi connectivity index (χ4v) is 2.43. The molecule has 0 N–H and O–H groups in total. The summed E-state index contributed by atoms with van der Waals surface area (Å²) >= 11 is 0. The van der Waals surface area contributed by atoms with E-state index in [-0.39, 0.29) is 18.2 Å². The summed E-state index contributed by atoms with van der Waals surface area (Å²) in [6.45, 7) is 7.75. The molecule has 3 rings (SSSR count). The third-order valence-electron chi connectivity index (χ3n) is 4.66. The molecule has 1 aliphatic rings. The highest BCUT2D eigenvalue weighted by molar-refractivity contribution is 6.62. The number of ether oxygens (including phenoxy) is 1. The van der Waals surface area contributed by atoms with E-state index in [0.717, 1.165) is 0 Å². The van der Waals surface area contributed by atoms with Gasteiger partial charge in [0.1, 0.15) is 6.61 Å². The van der Waals surface area contributed by atoms with Crippen molar-refractivity contribution in [3.8, 4) is 5.88 Å². The van der Waals surface area contributed by atoms with Gasteiger partial charge in [0, 0.05) is 23.9 Å². The molecule has 9 heteroatoms. The first-order valence-electron chi connectivity index (χ1n) is 8.22. The summed E-state index contributed by atoms with van der Waals surface area (Å²) < 4.78 is 17.3. The van der Waals surface area contributed by atoms with E-state index < -0.39 is 23.2 Å². The van der Waals surface area contributed by atoms with Gasteiger partial charge >= 0.3 is 12.8 Å². The van der Waals surface area contributed by atoms with Gasteiger partial charge in [0.2, 0.25) is 0 Å². The van der Waals surface area contributed by atoms with Crippen molar-refractivity contribution in [2.45, 2.75) is 45.5 Å². The Morgan fingerprint density at radius 3 is 2.46 bits per heavy atom. The highest BCUT2D eigenvalue weighted by atomic mass is 16.7. The van der Waals surface area contributed by atoms with Crippen LogP contribution in [0.2, 0.25) is 0 Å².